The molecule has 0 amide bonds. The summed E-state index contributed by atoms with van der Waals surface area (Å²) < 4.78 is 16.8. The van der Waals surface area contributed by atoms with Gasteiger partial charge in [-0.1, -0.05) is 317 Å². The summed E-state index contributed by atoms with van der Waals surface area (Å²) in [5.41, 5.74) is 0. The van der Waals surface area contributed by atoms with Gasteiger partial charge in [0, 0.05) is 19.3 Å². The molecule has 1 atom stereocenters. The Hall–Kier alpha value is -3.67. The van der Waals surface area contributed by atoms with Gasteiger partial charge in [-0.2, -0.15) is 0 Å². The Morgan fingerprint density at radius 3 is 0.833 bits per heavy atom. The summed E-state index contributed by atoms with van der Waals surface area (Å²) in [7, 11) is 0. The molecule has 78 heavy (non-hydrogen) atoms. The Balaban J connectivity index is 4.07. The van der Waals surface area contributed by atoms with Gasteiger partial charge in [-0.3, -0.25) is 14.4 Å². The third kappa shape index (κ3) is 63.2. The minimum absolute atomic E-state index is 0.101. The highest BCUT2D eigenvalue weighted by molar-refractivity contribution is 5.71. The minimum atomic E-state index is -0.811. The molecule has 0 radical (unpaired) electrons. The lowest BCUT2D eigenvalue weighted by molar-refractivity contribution is -0.166. The van der Waals surface area contributed by atoms with E-state index in [1.807, 2.05) is 6.08 Å². The van der Waals surface area contributed by atoms with E-state index in [0.29, 0.717) is 19.3 Å². The molecule has 0 aromatic rings. The molecule has 6 heteroatoms. The van der Waals surface area contributed by atoms with Gasteiger partial charge in [-0.25, -0.2) is 0 Å². The van der Waals surface area contributed by atoms with Gasteiger partial charge in [-0.05, 0) is 83.5 Å². The number of allylic oxidation sites excluding steroid dienone is 16. The maximum atomic E-state index is 12.8. The number of unbranched alkanes of at least 4 members (excludes halogenated alkanes) is 33. The molecule has 0 aliphatic carbocycles. The van der Waals surface area contributed by atoms with Crippen LogP contribution in [0.1, 0.15) is 323 Å². The minimum Gasteiger partial charge on any atom is -0.462 e. The van der Waals surface area contributed by atoms with Crippen molar-refractivity contribution in [3.05, 3.63) is 97.2 Å². The second-order valence-corrected chi connectivity index (χ2v) is 22.0. The highest BCUT2D eigenvalue weighted by Gasteiger charge is 2.19. The van der Waals surface area contributed by atoms with Gasteiger partial charge in [0.1, 0.15) is 13.2 Å². The molecule has 6 nitrogen and oxygen atoms in total. The summed E-state index contributed by atoms with van der Waals surface area (Å²) in [5.74, 6) is -0.971. The fraction of sp³-hybridized carbons (Fsp3) is 0.736. The zero-order valence-electron chi connectivity index (χ0n) is 51.4. The standard InChI is InChI=1S/C72H124O6/c1-4-7-10-13-16-19-22-25-26-27-28-29-30-31-32-33-34-35-36-37-38-39-40-41-42-43-44-45-46-48-50-53-56-59-62-65-71(74)77-68-69(67-76-70(73)64-61-58-55-52-49-24-21-18-15-12-9-6-3)78-72(75)66-63-60-57-54-51-47-23-20-17-14-11-8-5-2/h7-8,10-11,16-17,19-20,25-26,28-29,47,51,57,60,69H,4-6,9,12-15,18,21-24,27,30-46,48-50,52-56,58-59,61-68H2,1-3H3/b10-7-,11-8-,19-16-,20-17-,26-25-,29-28-,51-47-,60-57-. The maximum absolute atomic E-state index is 12.8. The van der Waals surface area contributed by atoms with Crippen LogP contribution >= 0.6 is 0 Å². The third-order valence-corrected chi connectivity index (χ3v) is 14.3. The second-order valence-electron chi connectivity index (χ2n) is 22.0. The number of ether oxygens (including phenoxy) is 3. The first-order valence-electron chi connectivity index (χ1n) is 33.2. The predicted octanol–water partition coefficient (Wildman–Crippen LogP) is 22.8. The summed E-state index contributed by atoms with van der Waals surface area (Å²) in [6.07, 6.45) is 89.0. The average Bonchev–Trinajstić information content (AvgIpc) is 3.44. The molecular formula is C72H124O6. The van der Waals surface area contributed by atoms with Crippen LogP contribution < -0.4 is 0 Å². The highest BCUT2D eigenvalue weighted by atomic mass is 16.6. The molecule has 0 aromatic carbocycles. The Bertz CT molecular complexity index is 1530. The van der Waals surface area contributed by atoms with Crippen molar-refractivity contribution in [2.75, 3.05) is 13.2 Å². The number of rotatable bonds is 60. The van der Waals surface area contributed by atoms with E-state index in [0.717, 1.165) is 89.9 Å². The molecule has 0 saturated heterocycles. The van der Waals surface area contributed by atoms with Crippen LogP contribution in [0.25, 0.3) is 0 Å². The molecule has 1 unspecified atom stereocenters. The van der Waals surface area contributed by atoms with Gasteiger partial charge >= 0.3 is 17.9 Å². The van der Waals surface area contributed by atoms with Crippen LogP contribution in [0.5, 0.6) is 0 Å². The molecule has 0 heterocycles. The van der Waals surface area contributed by atoms with Crippen LogP contribution in [0.2, 0.25) is 0 Å². The van der Waals surface area contributed by atoms with Crippen molar-refractivity contribution in [1.82, 2.24) is 0 Å². The molecule has 0 bridgehead atoms. The van der Waals surface area contributed by atoms with E-state index in [9.17, 15) is 14.4 Å². The maximum Gasteiger partial charge on any atom is 0.306 e. The molecule has 0 rings (SSSR count). The van der Waals surface area contributed by atoms with E-state index in [-0.39, 0.29) is 37.5 Å². The smallest absolute Gasteiger partial charge is 0.306 e. The first-order chi connectivity index (χ1) is 38.5. The lowest BCUT2D eigenvalue weighted by Gasteiger charge is -2.18. The quantitative estimate of drug-likeness (QED) is 0.0261. The molecule has 448 valence electrons. The fourth-order valence-electron chi connectivity index (χ4n) is 9.45. The lowest BCUT2D eigenvalue weighted by atomic mass is 10.0. The number of hydrogen-bond acceptors (Lipinski definition) is 6. The van der Waals surface area contributed by atoms with Gasteiger partial charge in [0.05, 0.1) is 0 Å². The first-order valence-corrected chi connectivity index (χ1v) is 33.2. The third-order valence-electron chi connectivity index (χ3n) is 14.3. The Labute approximate surface area is 483 Å². The van der Waals surface area contributed by atoms with Crippen molar-refractivity contribution in [3.8, 4) is 0 Å². The van der Waals surface area contributed by atoms with Crippen LogP contribution in [0.15, 0.2) is 97.2 Å². The van der Waals surface area contributed by atoms with Crippen LogP contribution in [-0.2, 0) is 28.6 Å². The molecule has 0 N–H and O–H groups in total. The number of esters is 3. The zero-order chi connectivity index (χ0) is 56.4. The van der Waals surface area contributed by atoms with E-state index >= 15 is 0 Å². The average molecular weight is 1090 g/mol. The van der Waals surface area contributed by atoms with Crippen molar-refractivity contribution in [2.45, 2.75) is 329 Å². The highest BCUT2D eigenvalue weighted by Crippen LogP contribution is 2.17. The first kappa shape index (κ1) is 74.3. The summed E-state index contributed by atoms with van der Waals surface area (Å²) in [4.78, 5) is 38.1. The van der Waals surface area contributed by atoms with E-state index in [1.54, 1.807) is 0 Å². The van der Waals surface area contributed by atoms with Gasteiger partial charge in [0.25, 0.3) is 0 Å². The Kier molecular flexibility index (Phi) is 62.7. The van der Waals surface area contributed by atoms with Crippen molar-refractivity contribution in [2.24, 2.45) is 0 Å². The Morgan fingerprint density at radius 2 is 0.526 bits per heavy atom. The van der Waals surface area contributed by atoms with Crippen molar-refractivity contribution in [3.63, 3.8) is 0 Å². The largest absolute Gasteiger partial charge is 0.462 e. The molecular weight excluding hydrogens is 961 g/mol. The summed E-state index contributed by atoms with van der Waals surface area (Å²) >= 11 is 0. The van der Waals surface area contributed by atoms with Gasteiger partial charge in [-0.15, -0.1) is 0 Å². The molecule has 0 saturated carbocycles. The second kappa shape index (κ2) is 65.8. The number of carbonyl (C=O) groups is 3. The molecule has 0 aromatic heterocycles. The predicted molar refractivity (Wildman–Crippen MR) is 339 cm³/mol. The summed E-state index contributed by atoms with van der Waals surface area (Å²) in [6.45, 7) is 6.37. The van der Waals surface area contributed by atoms with E-state index < -0.39 is 6.10 Å². The number of carbonyl (C=O) groups excluding carboxylic acids is 3. The lowest BCUT2D eigenvalue weighted by Crippen LogP contribution is -2.30. The monoisotopic (exact) mass is 1080 g/mol. The molecule has 0 fully saturated rings. The van der Waals surface area contributed by atoms with Gasteiger partial charge in [0.2, 0.25) is 0 Å². The topological polar surface area (TPSA) is 78.9 Å². The van der Waals surface area contributed by atoms with E-state index in [2.05, 4.69) is 112 Å². The number of hydrogen-bond donors (Lipinski definition) is 0. The van der Waals surface area contributed by atoms with E-state index in [1.165, 1.54) is 186 Å². The SMILES string of the molecule is CC/C=C\C/C=C\C/C=C\C/C=C\CCCCCCCCCCCCCCCCCCCCCCCCC(=O)OCC(COC(=O)CCCCCCCCCCCCCC)OC(=O)CC/C=C\C/C=C\C/C=C\C/C=C\CC. The normalized spacial score (nSPS) is 12.7. The van der Waals surface area contributed by atoms with Crippen LogP contribution in [-0.4, -0.2) is 37.2 Å². The van der Waals surface area contributed by atoms with E-state index in [4.69, 9.17) is 14.2 Å². The molecule has 0 aliphatic rings. The van der Waals surface area contributed by atoms with Crippen LogP contribution in [0, 0.1) is 0 Å². The van der Waals surface area contributed by atoms with Gasteiger partial charge in [0.15, 0.2) is 6.10 Å². The molecule has 0 aliphatic heterocycles. The van der Waals surface area contributed by atoms with Crippen molar-refractivity contribution >= 4 is 17.9 Å². The fourth-order valence-corrected chi connectivity index (χ4v) is 9.45. The van der Waals surface area contributed by atoms with Crippen molar-refractivity contribution in [1.29, 1.82) is 0 Å². The summed E-state index contributed by atoms with van der Waals surface area (Å²) in [5, 5.41) is 0. The molecule has 0 spiro atoms. The van der Waals surface area contributed by atoms with Crippen LogP contribution in [0.4, 0.5) is 0 Å². The zero-order valence-corrected chi connectivity index (χ0v) is 51.4. The Morgan fingerprint density at radius 1 is 0.269 bits per heavy atom. The van der Waals surface area contributed by atoms with Crippen molar-refractivity contribution < 1.29 is 28.6 Å². The van der Waals surface area contributed by atoms with Crippen LogP contribution in [0.3, 0.4) is 0 Å². The van der Waals surface area contributed by atoms with Gasteiger partial charge < -0.3 is 14.2 Å². The summed E-state index contributed by atoms with van der Waals surface area (Å²) in [6, 6.07) is 0.